The van der Waals surface area contributed by atoms with Crippen molar-refractivity contribution < 1.29 is 25.8 Å². The van der Waals surface area contributed by atoms with Crippen LogP contribution < -0.4 is 0 Å². The Morgan fingerprint density at radius 3 is 2.30 bits per heavy atom. The number of hydrogen-bond acceptors (Lipinski definition) is 3. The van der Waals surface area contributed by atoms with Crippen LogP contribution in [0.25, 0.3) is 55.1 Å². The predicted molar refractivity (Wildman–Crippen MR) is 231 cm³/mol. The van der Waals surface area contributed by atoms with Gasteiger partial charge in [-0.2, -0.15) is 6.07 Å². The Balaban J connectivity index is 0.00000422. The molecule has 8 aromatic rings. The van der Waals surface area contributed by atoms with Crippen molar-refractivity contribution in [3.8, 4) is 11.4 Å². The summed E-state index contributed by atoms with van der Waals surface area (Å²) in [6.45, 7) is 22.4. The second kappa shape index (κ2) is 12.8. The van der Waals surface area contributed by atoms with Crippen molar-refractivity contribution in [2.75, 3.05) is 0 Å². The molecule has 0 saturated carbocycles. The fourth-order valence-corrected chi connectivity index (χ4v) is 9.70. The molecule has 5 aromatic carbocycles. The molecule has 3 aromatic heterocycles. The molecule has 0 amide bonds. The van der Waals surface area contributed by atoms with E-state index in [0.717, 1.165) is 67.5 Å². The standard InChI is InChI=1S/C51H48N4O.Pt/c1-29(2)33-17-21-43-39(25-33)36-13-12-22-52-47(36)54(43)34-18-19-35-38-23-30(3)16-20-44(38)55(46(35)26-34)45-27-37(31(4)24-32(45)5)48-53-50(9)28-40-41(49(6,7)8)14-11-15-42(40)51(50,10)56-48;/h11-25,29H,28H2,1-10H3;/q-2;+2/t50-,51+;/m1./s1. The van der Waals surface area contributed by atoms with E-state index in [4.69, 9.17) is 14.7 Å². The molecule has 0 bridgehead atoms. The van der Waals surface area contributed by atoms with E-state index in [0.29, 0.717) is 11.8 Å². The molecule has 2 atom stereocenters. The normalized spacial score (nSPS) is 19.0. The quantitative estimate of drug-likeness (QED) is 0.165. The first-order valence-electron chi connectivity index (χ1n) is 20.0. The van der Waals surface area contributed by atoms with E-state index in [1.807, 2.05) is 12.3 Å². The minimum Gasteiger partial charge on any atom is -0.508 e. The van der Waals surface area contributed by atoms with Gasteiger partial charge < -0.3 is 13.9 Å². The molecular formula is C51H48N4OPt. The van der Waals surface area contributed by atoms with Crippen LogP contribution in [-0.4, -0.2) is 25.6 Å². The van der Waals surface area contributed by atoms with Crippen molar-refractivity contribution in [2.45, 2.75) is 98.1 Å². The van der Waals surface area contributed by atoms with Gasteiger partial charge in [0.05, 0.1) is 11.1 Å². The summed E-state index contributed by atoms with van der Waals surface area (Å²) < 4.78 is 11.7. The molecule has 0 unspecified atom stereocenters. The van der Waals surface area contributed by atoms with Crippen LogP contribution >= 0.6 is 0 Å². The molecule has 0 spiro atoms. The van der Waals surface area contributed by atoms with E-state index < -0.39 is 11.1 Å². The molecule has 1 aliphatic heterocycles. The summed E-state index contributed by atoms with van der Waals surface area (Å²) in [5, 5.41) is 4.69. The number of fused-ring (bicyclic) bond motifs is 9. The van der Waals surface area contributed by atoms with Gasteiger partial charge in [0.25, 0.3) is 0 Å². The number of ether oxygens (including phenoxy) is 1. The fourth-order valence-electron chi connectivity index (χ4n) is 9.70. The zero-order valence-electron chi connectivity index (χ0n) is 34.5. The van der Waals surface area contributed by atoms with Gasteiger partial charge in [0.1, 0.15) is 17.1 Å². The van der Waals surface area contributed by atoms with Crippen molar-refractivity contribution in [1.82, 2.24) is 14.1 Å². The molecule has 2 aliphatic rings. The van der Waals surface area contributed by atoms with Crippen LogP contribution in [0.3, 0.4) is 0 Å². The van der Waals surface area contributed by atoms with Crippen LogP contribution in [0.15, 0.2) is 96.1 Å². The summed E-state index contributed by atoms with van der Waals surface area (Å²) in [7, 11) is 0. The zero-order valence-corrected chi connectivity index (χ0v) is 36.7. The second-order valence-corrected chi connectivity index (χ2v) is 18.0. The molecule has 4 heterocycles. The minimum absolute atomic E-state index is 0. The first-order chi connectivity index (χ1) is 26.7. The van der Waals surface area contributed by atoms with Crippen LogP contribution in [0.2, 0.25) is 0 Å². The number of nitrogens with zero attached hydrogens (tertiary/aromatic N) is 4. The molecule has 6 heteroatoms. The number of hydrogen-bond donors (Lipinski definition) is 0. The van der Waals surface area contributed by atoms with Crippen molar-refractivity contribution in [3.05, 3.63) is 148 Å². The molecule has 1 aliphatic carbocycles. The Labute approximate surface area is 350 Å². The van der Waals surface area contributed by atoms with Gasteiger partial charge in [0.2, 0.25) is 0 Å². The van der Waals surface area contributed by atoms with Gasteiger partial charge in [-0.15, -0.1) is 40.8 Å². The van der Waals surface area contributed by atoms with Crippen LogP contribution in [-0.2, 0) is 43.2 Å². The van der Waals surface area contributed by atoms with E-state index in [1.54, 1.807) is 0 Å². The number of aliphatic imine (C=N–C) groups is 1. The smallest absolute Gasteiger partial charge is 0.508 e. The summed E-state index contributed by atoms with van der Waals surface area (Å²) in [6.07, 6.45) is 2.73. The van der Waals surface area contributed by atoms with E-state index in [-0.39, 0.29) is 26.5 Å². The SMILES string of the molecule is Cc1ccc2c(c1)c1ccc(-n3c4ccc(C(C)C)cc4c4cccnc43)[c-]c1n2-c1[c-]c(C2=N[C@]3(C)Cc4c(C(C)(C)C)cccc4[C@]3(C)O2)c(C)cc1C.[Pt+2]. The molecular weight excluding hydrogens is 880 g/mol. The number of pyridine rings is 1. The number of benzene rings is 5. The molecule has 5 nitrogen and oxygen atoms in total. The number of aryl methyl sites for hydroxylation is 3. The maximum absolute atomic E-state index is 7.10. The van der Waals surface area contributed by atoms with E-state index in [1.165, 1.54) is 38.6 Å². The van der Waals surface area contributed by atoms with Gasteiger partial charge in [-0.05, 0) is 90.2 Å². The Hall–Kier alpha value is -4.99. The second-order valence-electron chi connectivity index (χ2n) is 18.0. The van der Waals surface area contributed by atoms with E-state index in [2.05, 4.69) is 169 Å². The maximum Gasteiger partial charge on any atom is 2.00 e. The minimum atomic E-state index is -0.580. The average molecular weight is 928 g/mol. The molecule has 57 heavy (non-hydrogen) atoms. The third-order valence-electron chi connectivity index (χ3n) is 12.9. The fraction of sp³-hybridized carbons (Fsp3) is 0.294. The van der Waals surface area contributed by atoms with Crippen LogP contribution in [0.1, 0.15) is 98.9 Å². The molecule has 0 fully saturated rings. The first kappa shape index (κ1) is 37.6. The summed E-state index contributed by atoms with van der Waals surface area (Å²) in [6, 6.07) is 39.0. The molecule has 0 radical (unpaired) electrons. The molecule has 10 rings (SSSR count). The number of aromatic nitrogens is 3. The predicted octanol–water partition coefficient (Wildman–Crippen LogP) is 12.2. The van der Waals surface area contributed by atoms with Crippen molar-refractivity contribution >= 4 is 49.6 Å². The zero-order chi connectivity index (χ0) is 39.1. The largest absolute Gasteiger partial charge is 2.00 e. The summed E-state index contributed by atoms with van der Waals surface area (Å²) >= 11 is 0. The first-order valence-corrected chi connectivity index (χ1v) is 20.0. The topological polar surface area (TPSA) is 44.3 Å². The Morgan fingerprint density at radius 2 is 1.53 bits per heavy atom. The van der Waals surface area contributed by atoms with Crippen LogP contribution in [0.4, 0.5) is 0 Å². The maximum atomic E-state index is 7.10. The third kappa shape index (κ3) is 5.37. The van der Waals surface area contributed by atoms with Gasteiger partial charge in [-0.3, -0.25) is 4.99 Å². The van der Waals surface area contributed by atoms with Gasteiger partial charge in [0, 0.05) is 34.5 Å². The van der Waals surface area contributed by atoms with Crippen molar-refractivity contribution in [2.24, 2.45) is 4.99 Å². The van der Waals surface area contributed by atoms with Crippen molar-refractivity contribution in [3.63, 3.8) is 0 Å². The average Bonchev–Trinajstić information content (AvgIpc) is 3.80. The van der Waals surface area contributed by atoms with Gasteiger partial charge in [-0.1, -0.05) is 107 Å². The molecule has 0 N–H and O–H groups in total. The Kier molecular flexibility index (Phi) is 8.41. The van der Waals surface area contributed by atoms with Gasteiger partial charge >= 0.3 is 21.1 Å². The van der Waals surface area contributed by atoms with Gasteiger partial charge in [0.15, 0.2) is 0 Å². The monoisotopic (exact) mass is 927 g/mol. The molecule has 0 saturated heterocycles. The van der Waals surface area contributed by atoms with Gasteiger partial charge in [-0.25, -0.2) is 4.98 Å². The van der Waals surface area contributed by atoms with Crippen LogP contribution in [0, 0.1) is 32.9 Å². The van der Waals surface area contributed by atoms with E-state index in [9.17, 15) is 0 Å². The van der Waals surface area contributed by atoms with Crippen LogP contribution in [0.5, 0.6) is 0 Å². The van der Waals surface area contributed by atoms with Crippen molar-refractivity contribution in [1.29, 1.82) is 0 Å². The summed E-state index contributed by atoms with van der Waals surface area (Å²) in [5.41, 5.74) is 14.8. The third-order valence-corrected chi connectivity index (χ3v) is 12.9. The Morgan fingerprint density at radius 1 is 0.772 bits per heavy atom. The molecule has 288 valence electrons. The van der Waals surface area contributed by atoms with E-state index >= 15 is 0 Å². The number of rotatable bonds is 4. The summed E-state index contributed by atoms with van der Waals surface area (Å²) in [5.74, 6) is 1.09. The Bertz CT molecular complexity index is 3010. The summed E-state index contributed by atoms with van der Waals surface area (Å²) in [4.78, 5) is 10.4.